The minimum Gasteiger partial charge on any atom is -0.323 e. The zero-order valence-electron chi connectivity index (χ0n) is 12.1. The monoisotopic (exact) mass is 287 g/mol. The number of benzene rings is 1. The highest BCUT2D eigenvalue weighted by Crippen LogP contribution is 2.37. The maximum atomic E-state index is 6.03. The van der Waals surface area contributed by atoms with Crippen LogP contribution >= 0.6 is 11.3 Å². The van der Waals surface area contributed by atoms with E-state index in [1.165, 1.54) is 29.0 Å². The van der Waals surface area contributed by atoms with Crippen molar-refractivity contribution >= 4 is 22.2 Å². The van der Waals surface area contributed by atoms with E-state index in [2.05, 4.69) is 36.1 Å². The van der Waals surface area contributed by atoms with Gasteiger partial charge in [-0.3, -0.25) is 0 Å². The second-order valence-electron chi connectivity index (χ2n) is 5.47. The lowest BCUT2D eigenvalue weighted by Crippen LogP contribution is -2.17. The van der Waals surface area contributed by atoms with Crippen LogP contribution in [0.25, 0.3) is 0 Å². The Bertz CT molecular complexity index is 604. The fourth-order valence-corrected chi connectivity index (χ4v) is 3.88. The van der Waals surface area contributed by atoms with Crippen molar-refractivity contribution in [2.45, 2.75) is 39.2 Å². The first kappa shape index (κ1) is 13.6. The van der Waals surface area contributed by atoms with Gasteiger partial charge in [0.1, 0.15) is 0 Å². The average molecular weight is 287 g/mol. The second-order valence-corrected chi connectivity index (χ2v) is 6.48. The van der Waals surface area contributed by atoms with Crippen molar-refractivity contribution in [1.29, 1.82) is 0 Å². The van der Waals surface area contributed by atoms with E-state index in [9.17, 15) is 0 Å². The Morgan fingerprint density at radius 1 is 1.30 bits per heavy atom. The van der Waals surface area contributed by atoms with E-state index >= 15 is 0 Å². The highest BCUT2D eigenvalue weighted by atomic mass is 32.1. The number of hydrogen-bond donors (Lipinski definition) is 1. The average Bonchev–Trinajstić information content (AvgIpc) is 2.70. The number of fused-ring (bicyclic) bond motifs is 1. The van der Waals surface area contributed by atoms with E-state index in [0.717, 1.165) is 23.8 Å². The summed E-state index contributed by atoms with van der Waals surface area (Å²) in [5.74, 6) is 0. The Hall–Kier alpha value is -1.39. The van der Waals surface area contributed by atoms with Crippen LogP contribution in [0.2, 0.25) is 0 Å². The predicted molar refractivity (Wildman–Crippen MR) is 85.8 cm³/mol. The molecule has 1 aromatic carbocycles. The van der Waals surface area contributed by atoms with Crippen LogP contribution in [0, 0.1) is 6.92 Å². The van der Waals surface area contributed by atoms with Gasteiger partial charge < -0.3 is 10.6 Å². The van der Waals surface area contributed by atoms with Crippen LogP contribution < -0.4 is 10.6 Å². The number of para-hydroxylation sites is 1. The van der Waals surface area contributed by atoms with Gasteiger partial charge in [0.05, 0.1) is 5.69 Å². The molecule has 0 fully saturated rings. The van der Waals surface area contributed by atoms with Crippen molar-refractivity contribution in [3.63, 3.8) is 0 Å². The Labute approximate surface area is 124 Å². The zero-order chi connectivity index (χ0) is 14.1. The van der Waals surface area contributed by atoms with Gasteiger partial charge in [0, 0.05) is 23.2 Å². The second kappa shape index (κ2) is 5.54. The smallest absolute Gasteiger partial charge is 0.190 e. The van der Waals surface area contributed by atoms with E-state index in [4.69, 9.17) is 10.7 Å². The largest absolute Gasteiger partial charge is 0.323 e. The fraction of sp³-hybridized carbons (Fsp3) is 0.438. The summed E-state index contributed by atoms with van der Waals surface area (Å²) in [6, 6.07) is 8.75. The van der Waals surface area contributed by atoms with Crippen LogP contribution in [0.3, 0.4) is 0 Å². The summed E-state index contributed by atoms with van der Waals surface area (Å²) in [6.45, 7) is 5.13. The van der Waals surface area contributed by atoms with E-state index < -0.39 is 0 Å². The van der Waals surface area contributed by atoms with Gasteiger partial charge in [-0.1, -0.05) is 29.5 Å². The third kappa shape index (κ3) is 2.45. The van der Waals surface area contributed by atoms with Crippen LogP contribution in [-0.2, 0) is 6.42 Å². The lowest BCUT2D eigenvalue weighted by atomic mass is 10.1. The van der Waals surface area contributed by atoms with Gasteiger partial charge in [-0.05, 0) is 44.7 Å². The van der Waals surface area contributed by atoms with E-state index in [1.807, 2.05) is 6.92 Å². The van der Waals surface area contributed by atoms with Crippen LogP contribution in [0.4, 0.5) is 10.8 Å². The SMILES string of the molecule is Cc1nc(N2CCCCc3ccccc32)sc1C(C)N. The molecule has 1 atom stereocenters. The van der Waals surface area contributed by atoms with Crippen LogP contribution in [0.5, 0.6) is 0 Å². The molecule has 4 heteroatoms. The summed E-state index contributed by atoms with van der Waals surface area (Å²) >= 11 is 1.74. The minimum absolute atomic E-state index is 0.0588. The van der Waals surface area contributed by atoms with Crippen molar-refractivity contribution < 1.29 is 0 Å². The number of rotatable bonds is 2. The molecule has 1 aromatic heterocycles. The molecule has 0 spiro atoms. The molecule has 2 N–H and O–H groups in total. The summed E-state index contributed by atoms with van der Waals surface area (Å²) in [7, 11) is 0. The molecule has 0 bridgehead atoms. The van der Waals surface area contributed by atoms with Gasteiger partial charge in [0.2, 0.25) is 0 Å². The van der Waals surface area contributed by atoms with Gasteiger partial charge in [0.25, 0.3) is 0 Å². The molecule has 20 heavy (non-hydrogen) atoms. The number of nitrogens with zero attached hydrogens (tertiary/aromatic N) is 2. The molecule has 0 radical (unpaired) electrons. The molecule has 1 unspecified atom stereocenters. The molecule has 2 heterocycles. The highest BCUT2D eigenvalue weighted by Gasteiger charge is 2.21. The molecular formula is C16H21N3S. The lowest BCUT2D eigenvalue weighted by molar-refractivity contribution is 0.760. The molecule has 3 rings (SSSR count). The molecule has 106 valence electrons. The Balaban J connectivity index is 2.03. The molecule has 0 amide bonds. The first-order chi connectivity index (χ1) is 9.66. The van der Waals surface area contributed by atoms with Crippen molar-refractivity contribution in [1.82, 2.24) is 4.98 Å². The van der Waals surface area contributed by atoms with E-state index in [1.54, 1.807) is 11.3 Å². The molecule has 0 saturated heterocycles. The van der Waals surface area contributed by atoms with Gasteiger partial charge in [0.15, 0.2) is 5.13 Å². The molecule has 0 aliphatic carbocycles. The normalized spacial score (nSPS) is 16.6. The molecule has 0 saturated carbocycles. The van der Waals surface area contributed by atoms with Crippen molar-refractivity contribution in [2.75, 3.05) is 11.4 Å². The number of aromatic nitrogens is 1. The summed E-state index contributed by atoms with van der Waals surface area (Å²) in [5, 5.41) is 1.09. The summed E-state index contributed by atoms with van der Waals surface area (Å²) in [5.41, 5.74) is 9.85. The molecule has 2 aromatic rings. The Morgan fingerprint density at radius 3 is 2.85 bits per heavy atom. The standard InChI is InChI=1S/C16H21N3S/c1-11(17)15-12(2)18-16(20-15)19-10-6-5-8-13-7-3-4-9-14(13)19/h3-4,7,9,11H,5-6,8,10,17H2,1-2H3. The molecule has 1 aliphatic rings. The van der Waals surface area contributed by atoms with Crippen molar-refractivity contribution in [3.8, 4) is 0 Å². The van der Waals surface area contributed by atoms with Crippen molar-refractivity contribution in [3.05, 3.63) is 40.4 Å². The third-order valence-electron chi connectivity index (χ3n) is 3.83. The van der Waals surface area contributed by atoms with Gasteiger partial charge in [-0.15, -0.1) is 0 Å². The number of aryl methyl sites for hydroxylation is 2. The number of thiazole rings is 1. The van der Waals surface area contributed by atoms with Crippen molar-refractivity contribution in [2.24, 2.45) is 5.73 Å². The van der Waals surface area contributed by atoms with E-state index in [0.29, 0.717) is 0 Å². The topological polar surface area (TPSA) is 42.2 Å². The van der Waals surface area contributed by atoms with Gasteiger partial charge in [-0.2, -0.15) is 0 Å². The molecule has 3 nitrogen and oxygen atoms in total. The van der Waals surface area contributed by atoms with Gasteiger partial charge in [-0.25, -0.2) is 4.98 Å². The summed E-state index contributed by atoms with van der Waals surface area (Å²) in [4.78, 5) is 8.32. The number of hydrogen-bond acceptors (Lipinski definition) is 4. The molecule has 1 aliphatic heterocycles. The highest BCUT2D eigenvalue weighted by molar-refractivity contribution is 7.15. The summed E-state index contributed by atoms with van der Waals surface area (Å²) in [6.07, 6.45) is 3.62. The Kier molecular flexibility index (Phi) is 3.76. The Morgan fingerprint density at radius 2 is 2.10 bits per heavy atom. The first-order valence-electron chi connectivity index (χ1n) is 7.25. The van der Waals surface area contributed by atoms with Gasteiger partial charge >= 0.3 is 0 Å². The molecular weight excluding hydrogens is 266 g/mol. The number of anilines is 2. The predicted octanol–water partition coefficient (Wildman–Crippen LogP) is 3.95. The maximum Gasteiger partial charge on any atom is 0.190 e. The van der Waals surface area contributed by atoms with Crippen LogP contribution in [-0.4, -0.2) is 11.5 Å². The minimum atomic E-state index is 0.0588. The maximum absolute atomic E-state index is 6.03. The summed E-state index contributed by atoms with van der Waals surface area (Å²) < 4.78 is 0. The quantitative estimate of drug-likeness (QED) is 0.909. The number of nitrogens with two attached hydrogens (primary N) is 1. The zero-order valence-corrected chi connectivity index (χ0v) is 12.9. The third-order valence-corrected chi connectivity index (χ3v) is 5.21. The fourth-order valence-electron chi connectivity index (χ4n) is 2.82. The van der Waals surface area contributed by atoms with E-state index in [-0.39, 0.29) is 6.04 Å². The van der Waals surface area contributed by atoms with Crippen LogP contribution in [0.15, 0.2) is 24.3 Å². The first-order valence-corrected chi connectivity index (χ1v) is 8.07. The van der Waals surface area contributed by atoms with Crippen LogP contribution in [0.1, 0.15) is 41.9 Å². The lowest BCUT2D eigenvalue weighted by Gasteiger charge is -2.21.